The first-order valence-electron chi connectivity index (χ1n) is 6.82. The summed E-state index contributed by atoms with van der Waals surface area (Å²) in [7, 11) is 1.60. The zero-order valence-electron chi connectivity index (χ0n) is 12.0. The van der Waals surface area contributed by atoms with Crippen molar-refractivity contribution in [1.82, 2.24) is 15.1 Å². The van der Waals surface area contributed by atoms with E-state index in [9.17, 15) is 14.7 Å². The van der Waals surface area contributed by atoms with Crippen LogP contribution in [0.5, 0.6) is 5.75 Å². The smallest absolute Gasteiger partial charge is 0.256 e. The summed E-state index contributed by atoms with van der Waals surface area (Å²) in [4.78, 5) is 27.4. The highest BCUT2D eigenvalue weighted by atomic mass is 16.3. The van der Waals surface area contributed by atoms with Crippen LogP contribution in [0, 0.1) is 0 Å². The predicted molar refractivity (Wildman–Crippen MR) is 78.9 cm³/mol. The minimum absolute atomic E-state index is 0.0193. The number of nitrogen functional groups attached to an aromatic ring is 1. The number of carbonyl (C=O) groups excluding carboxylic acids is 2. The van der Waals surface area contributed by atoms with Crippen molar-refractivity contribution < 1.29 is 14.7 Å². The van der Waals surface area contributed by atoms with Crippen molar-refractivity contribution in [1.29, 1.82) is 0 Å². The number of phenols is 1. The molecule has 1 heterocycles. The molecule has 21 heavy (non-hydrogen) atoms. The summed E-state index contributed by atoms with van der Waals surface area (Å²) in [6.07, 6.45) is 0. The number of rotatable bonds is 3. The van der Waals surface area contributed by atoms with Crippen LogP contribution >= 0.6 is 0 Å². The number of likely N-dealkylation sites (N-methyl/N-ethyl adjacent to an activating group) is 1. The molecule has 1 saturated heterocycles. The summed E-state index contributed by atoms with van der Waals surface area (Å²) in [5, 5.41) is 12.1. The molecule has 114 valence electrons. The number of nitrogens with two attached hydrogens (primary N) is 1. The molecule has 0 bridgehead atoms. The fraction of sp³-hybridized carbons (Fsp3) is 0.429. The van der Waals surface area contributed by atoms with Gasteiger partial charge in [-0.1, -0.05) is 0 Å². The first-order chi connectivity index (χ1) is 10.0. The molecule has 4 N–H and O–H groups in total. The Hall–Kier alpha value is -2.28. The van der Waals surface area contributed by atoms with Crippen LogP contribution in [0.3, 0.4) is 0 Å². The number of anilines is 1. The topological polar surface area (TPSA) is 98.9 Å². The van der Waals surface area contributed by atoms with Crippen molar-refractivity contribution >= 4 is 17.5 Å². The van der Waals surface area contributed by atoms with Gasteiger partial charge in [-0.05, 0) is 18.2 Å². The van der Waals surface area contributed by atoms with Gasteiger partial charge in [-0.3, -0.25) is 14.5 Å². The number of carbonyl (C=O) groups is 2. The number of benzene rings is 1. The minimum atomic E-state index is -0.192. The molecule has 2 rings (SSSR count). The van der Waals surface area contributed by atoms with E-state index in [4.69, 9.17) is 5.73 Å². The molecule has 7 nitrogen and oxygen atoms in total. The Kier molecular flexibility index (Phi) is 4.64. The molecule has 2 amide bonds. The molecule has 0 atom stereocenters. The minimum Gasteiger partial charge on any atom is -0.508 e. The molecule has 1 fully saturated rings. The molecule has 0 aromatic heterocycles. The van der Waals surface area contributed by atoms with Gasteiger partial charge in [-0.25, -0.2) is 0 Å². The lowest BCUT2D eigenvalue weighted by atomic mass is 10.1. The van der Waals surface area contributed by atoms with Crippen LogP contribution in [-0.2, 0) is 4.79 Å². The standard InChI is InChI=1S/C14H20N4O3/c1-16-13(20)9-17-4-6-18(7-5-17)14(21)11-8-10(19)2-3-12(11)15/h2-3,8,19H,4-7,9,15H2,1H3,(H,16,20). The van der Waals surface area contributed by atoms with Gasteiger partial charge in [0.15, 0.2) is 0 Å². The molecule has 1 aliphatic heterocycles. The second kappa shape index (κ2) is 6.45. The predicted octanol–water partition coefficient (Wildman–Crippen LogP) is -0.522. The van der Waals surface area contributed by atoms with E-state index in [-0.39, 0.29) is 17.6 Å². The first-order valence-corrected chi connectivity index (χ1v) is 6.82. The molecular formula is C14H20N4O3. The van der Waals surface area contributed by atoms with E-state index in [0.29, 0.717) is 44.0 Å². The van der Waals surface area contributed by atoms with E-state index in [0.717, 1.165) is 0 Å². The van der Waals surface area contributed by atoms with E-state index >= 15 is 0 Å². The highest BCUT2D eigenvalue weighted by Gasteiger charge is 2.24. The van der Waals surface area contributed by atoms with Gasteiger partial charge in [-0.15, -0.1) is 0 Å². The summed E-state index contributed by atoms with van der Waals surface area (Å²) < 4.78 is 0. The molecule has 0 saturated carbocycles. The zero-order chi connectivity index (χ0) is 15.4. The van der Waals surface area contributed by atoms with E-state index in [2.05, 4.69) is 5.32 Å². The Morgan fingerprint density at radius 3 is 2.57 bits per heavy atom. The number of hydrogen-bond acceptors (Lipinski definition) is 5. The van der Waals surface area contributed by atoms with E-state index < -0.39 is 0 Å². The second-order valence-electron chi connectivity index (χ2n) is 5.01. The summed E-state index contributed by atoms with van der Waals surface area (Å²) in [6.45, 7) is 2.68. The maximum absolute atomic E-state index is 12.4. The summed E-state index contributed by atoms with van der Waals surface area (Å²) in [6, 6.07) is 4.35. The van der Waals surface area contributed by atoms with Crippen molar-refractivity contribution in [3.05, 3.63) is 23.8 Å². The Balaban J connectivity index is 1.97. The Morgan fingerprint density at radius 1 is 1.29 bits per heavy atom. The molecule has 0 aliphatic carbocycles. The average molecular weight is 292 g/mol. The van der Waals surface area contributed by atoms with Crippen LogP contribution in [0.2, 0.25) is 0 Å². The SMILES string of the molecule is CNC(=O)CN1CCN(C(=O)c2cc(O)ccc2N)CC1. The lowest BCUT2D eigenvalue weighted by Crippen LogP contribution is -2.51. The monoisotopic (exact) mass is 292 g/mol. The van der Waals surface area contributed by atoms with Crippen molar-refractivity contribution in [3.8, 4) is 5.75 Å². The fourth-order valence-corrected chi connectivity index (χ4v) is 2.29. The number of aromatic hydroxyl groups is 1. The molecule has 1 aromatic rings. The van der Waals surface area contributed by atoms with E-state index in [1.807, 2.05) is 4.90 Å². The van der Waals surface area contributed by atoms with Gasteiger partial charge in [-0.2, -0.15) is 0 Å². The largest absolute Gasteiger partial charge is 0.508 e. The Morgan fingerprint density at radius 2 is 1.95 bits per heavy atom. The third-order valence-corrected chi connectivity index (χ3v) is 3.57. The van der Waals surface area contributed by atoms with Gasteiger partial charge >= 0.3 is 0 Å². The number of piperazine rings is 1. The van der Waals surface area contributed by atoms with Crippen molar-refractivity contribution in [3.63, 3.8) is 0 Å². The van der Waals surface area contributed by atoms with Crippen LogP contribution in [0.15, 0.2) is 18.2 Å². The van der Waals surface area contributed by atoms with Gasteiger partial charge < -0.3 is 21.1 Å². The van der Waals surface area contributed by atoms with Gasteiger partial charge in [0, 0.05) is 38.9 Å². The van der Waals surface area contributed by atoms with Gasteiger partial charge in [0.2, 0.25) is 5.91 Å². The normalized spacial score (nSPS) is 15.8. The fourth-order valence-electron chi connectivity index (χ4n) is 2.29. The van der Waals surface area contributed by atoms with Crippen LogP contribution < -0.4 is 11.1 Å². The highest BCUT2D eigenvalue weighted by molar-refractivity contribution is 5.99. The van der Waals surface area contributed by atoms with Gasteiger partial charge in [0.25, 0.3) is 5.91 Å². The zero-order valence-corrected chi connectivity index (χ0v) is 12.0. The summed E-state index contributed by atoms with van der Waals surface area (Å²) >= 11 is 0. The Labute approximate surface area is 123 Å². The molecule has 0 spiro atoms. The molecule has 1 aromatic carbocycles. The third-order valence-electron chi connectivity index (χ3n) is 3.57. The summed E-state index contributed by atoms with van der Waals surface area (Å²) in [5.74, 6) is -0.208. The molecule has 0 unspecified atom stereocenters. The molecular weight excluding hydrogens is 272 g/mol. The number of phenolic OH excluding ortho intramolecular Hbond substituents is 1. The molecule has 1 aliphatic rings. The van der Waals surface area contributed by atoms with Gasteiger partial charge in [0.05, 0.1) is 12.1 Å². The van der Waals surface area contributed by atoms with E-state index in [1.54, 1.807) is 11.9 Å². The van der Waals surface area contributed by atoms with Crippen LogP contribution in [0.4, 0.5) is 5.69 Å². The maximum Gasteiger partial charge on any atom is 0.256 e. The van der Waals surface area contributed by atoms with Crippen molar-refractivity contribution in [2.45, 2.75) is 0 Å². The van der Waals surface area contributed by atoms with Crippen LogP contribution in [0.1, 0.15) is 10.4 Å². The number of nitrogens with one attached hydrogen (secondary N) is 1. The first kappa shape index (κ1) is 15.1. The second-order valence-corrected chi connectivity index (χ2v) is 5.01. The van der Waals surface area contributed by atoms with Crippen LogP contribution in [0.25, 0.3) is 0 Å². The molecule has 7 heteroatoms. The van der Waals surface area contributed by atoms with Gasteiger partial charge in [0.1, 0.15) is 5.75 Å². The third kappa shape index (κ3) is 3.63. The van der Waals surface area contributed by atoms with E-state index in [1.165, 1.54) is 18.2 Å². The van der Waals surface area contributed by atoms with Crippen molar-refractivity contribution in [2.75, 3.05) is 45.5 Å². The lowest BCUT2D eigenvalue weighted by molar-refractivity contribution is -0.122. The number of amides is 2. The Bertz CT molecular complexity index is 539. The summed E-state index contributed by atoms with van der Waals surface area (Å²) in [5.41, 5.74) is 6.45. The van der Waals surface area contributed by atoms with Crippen LogP contribution in [-0.4, -0.2) is 66.5 Å². The highest BCUT2D eigenvalue weighted by Crippen LogP contribution is 2.20. The quantitative estimate of drug-likeness (QED) is 0.514. The molecule has 0 radical (unpaired) electrons. The lowest BCUT2D eigenvalue weighted by Gasteiger charge is -2.34. The number of hydrogen-bond donors (Lipinski definition) is 3. The average Bonchev–Trinajstić information content (AvgIpc) is 2.49. The van der Waals surface area contributed by atoms with Crippen molar-refractivity contribution in [2.24, 2.45) is 0 Å². The number of nitrogens with zero attached hydrogens (tertiary/aromatic N) is 2. The maximum atomic E-state index is 12.4.